The zero-order valence-electron chi connectivity index (χ0n) is 11.0. The first kappa shape index (κ1) is 14.7. The molecule has 0 saturated carbocycles. The first-order chi connectivity index (χ1) is 9.58. The van der Waals surface area contributed by atoms with Crippen molar-refractivity contribution in [1.82, 2.24) is 14.6 Å². The Kier molecular flexibility index (Phi) is 4.50. The molecule has 0 aliphatic carbocycles. The fourth-order valence-electron chi connectivity index (χ4n) is 1.94. The second-order valence-electron chi connectivity index (χ2n) is 4.47. The standard InChI is InChI=1S/C12H18N4O4/c1-7(19)10(4-17)20-11(5-18)8-2-3-9-12(13)14-6-15-16(8)9/h2-3,6-7,10-11,17-19H,4-5H2,1H3,(H2,13,14,15)/t7-,10+,11+/m0/s1. The predicted molar refractivity (Wildman–Crippen MR) is 70.9 cm³/mol. The van der Waals surface area contributed by atoms with Gasteiger partial charge in [0.05, 0.1) is 25.0 Å². The van der Waals surface area contributed by atoms with Crippen LogP contribution in [0.5, 0.6) is 0 Å². The third-order valence-corrected chi connectivity index (χ3v) is 3.06. The maximum Gasteiger partial charge on any atom is 0.151 e. The van der Waals surface area contributed by atoms with Crippen LogP contribution in [0, 0.1) is 0 Å². The molecule has 2 heterocycles. The van der Waals surface area contributed by atoms with Crippen LogP contribution < -0.4 is 5.73 Å². The molecule has 110 valence electrons. The lowest BCUT2D eigenvalue weighted by atomic mass is 10.2. The molecule has 0 bridgehead atoms. The van der Waals surface area contributed by atoms with Gasteiger partial charge in [0.2, 0.25) is 0 Å². The molecule has 0 aliphatic rings. The van der Waals surface area contributed by atoms with E-state index in [2.05, 4.69) is 10.1 Å². The monoisotopic (exact) mass is 282 g/mol. The summed E-state index contributed by atoms with van der Waals surface area (Å²) in [5.74, 6) is 0.317. The van der Waals surface area contributed by atoms with E-state index in [9.17, 15) is 15.3 Å². The van der Waals surface area contributed by atoms with Gasteiger partial charge in [-0.2, -0.15) is 5.10 Å². The second-order valence-corrected chi connectivity index (χ2v) is 4.47. The molecule has 0 amide bonds. The van der Waals surface area contributed by atoms with E-state index in [0.717, 1.165) is 0 Å². The largest absolute Gasteiger partial charge is 0.394 e. The number of nitrogens with two attached hydrogens (primary N) is 1. The Morgan fingerprint density at radius 2 is 2.10 bits per heavy atom. The number of hydrogen-bond donors (Lipinski definition) is 4. The minimum Gasteiger partial charge on any atom is -0.394 e. The Bertz CT molecular complexity index is 572. The molecule has 8 heteroatoms. The molecule has 0 spiro atoms. The smallest absolute Gasteiger partial charge is 0.151 e. The average Bonchev–Trinajstić information content (AvgIpc) is 2.85. The molecule has 3 atom stereocenters. The maximum absolute atomic E-state index is 9.49. The minimum absolute atomic E-state index is 0.317. The van der Waals surface area contributed by atoms with Crippen LogP contribution in [0.4, 0.5) is 5.82 Å². The van der Waals surface area contributed by atoms with Crippen LogP contribution in [-0.2, 0) is 4.74 Å². The van der Waals surface area contributed by atoms with Gasteiger partial charge in [-0.25, -0.2) is 9.50 Å². The lowest BCUT2D eigenvalue weighted by Gasteiger charge is -2.24. The molecular formula is C12H18N4O4. The van der Waals surface area contributed by atoms with Crippen molar-refractivity contribution >= 4 is 11.3 Å². The van der Waals surface area contributed by atoms with Crippen molar-refractivity contribution in [3.05, 3.63) is 24.2 Å². The summed E-state index contributed by atoms with van der Waals surface area (Å²) in [7, 11) is 0. The van der Waals surface area contributed by atoms with Gasteiger partial charge in [0, 0.05) is 0 Å². The first-order valence-electron chi connectivity index (χ1n) is 6.21. The number of rotatable bonds is 6. The van der Waals surface area contributed by atoms with Gasteiger partial charge < -0.3 is 25.8 Å². The summed E-state index contributed by atoms with van der Waals surface area (Å²) in [6, 6.07) is 3.42. The molecule has 20 heavy (non-hydrogen) atoms. The van der Waals surface area contributed by atoms with Crippen LogP contribution >= 0.6 is 0 Å². The zero-order chi connectivity index (χ0) is 14.7. The van der Waals surface area contributed by atoms with E-state index < -0.39 is 18.3 Å². The SMILES string of the molecule is C[C@H](O)[C@@H](CO)O[C@H](CO)c1ccc2c(N)ncnn12. The van der Waals surface area contributed by atoms with E-state index in [4.69, 9.17) is 10.5 Å². The number of fused-ring (bicyclic) bond motifs is 1. The number of aliphatic hydroxyl groups excluding tert-OH is 3. The Balaban J connectivity index is 2.32. The van der Waals surface area contributed by atoms with Gasteiger partial charge in [-0.15, -0.1) is 0 Å². The molecule has 0 radical (unpaired) electrons. The summed E-state index contributed by atoms with van der Waals surface area (Å²) in [5, 5.41) is 32.2. The Labute approximate surface area is 115 Å². The van der Waals surface area contributed by atoms with Gasteiger partial charge in [-0.05, 0) is 19.1 Å². The van der Waals surface area contributed by atoms with Crippen molar-refractivity contribution in [3.8, 4) is 0 Å². The molecule has 0 saturated heterocycles. The number of nitrogens with zero attached hydrogens (tertiary/aromatic N) is 3. The van der Waals surface area contributed by atoms with Crippen LogP contribution in [0.2, 0.25) is 0 Å². The van der Waals surface area contributed by atoms with Crippen molar-refractivity contribution in [1.29, 1.82) is 0 Å². The highest BCUT2D eigenvalue weighted by Gasteiger charge is 2.23. The normalized spacial score (nSPS) is 16.2. The van der Waals surface area contributed by atoms with Crippen LogP contribution in [0.25, 0.3) is 5.52 Å². The maximum atomic E-state index is 9.49. The predicted octanol–water partition coefficient (Wildman–Crippen LogP) is -0.897. The highest BCUT2D eigenvalue weighted by molar-refractivity contribution is 5.65. The summed E-state index contributed by atoms with van der Waals surface area (Å²) in [6.07, 6.45) is -1.09. The van der Waals surface area contributed by atoms with Gasteiger partial charge in [0.25, 0.3) is 0 Å². The summed E-state index contributed by atoms with van der Waals surface area (Å²) in [6.45, 7) is 0.833. The fraction of sp³-hybridized carbons (Fsp3) is 0.500. The van der Waals surface area contributed by atoms with E-state index in [1.807, 2.05) is 0 Å². The lowest BCUT2D eigenvalue weighted by molar-refractivity contribution is -0.109. The topological polar surface area (TPSA) is 126 Å². The molecule has 0 fully saturated rings. The molecule has 0 aliphatic heterocycles. The lowest BCUT2D eigenvalue weighted by Crippen LogP contribution is -2.32. The van der Waals surface area contributed by atoms with E-state index >= 15 is 0 Å². The van der Waals surface area contributed by atoms with Crippen LogP contribution in [-0.4, -0.2) is 55.3 Å². The molecular weight excluding hydrogens is 264 g/mol. The van der Waals surface area contributed by atoms with Crippen LogP contribution in [0.15, 0.2) is 18.5 Å². The first-order valence-corrected chi connectivity index (χ1v) is 6.21. The number of ether oxygens (including phenoxy) is 1. The van der Waals surface area contributed by atoms with E-state index in [1.54, 1.807) is 12.1 Å². The van der Waals surface area contributed by atoms with Crippen molar-refractivity contribution < 1.29 is 20.1 Å². The highest BCUT2D eigenvalue weighted by atomic mass is 16.5. The summed E-state index contributed by atoms with van der Waals surface area (Å²) >= 11 is 0. The third-order valence-electron chi connectivity index (χ3n) is 3.06. The molecule has 8 nitrogen and oxygen atoms in total. The summed E-state index contributed by atoms with van der Waals surface area (Å²) in [5.41, 5.74) is 6.90. The second kappa shape index (κ2) is 6.14. The fourth-order valence-corrected chi connectivity index (χ4v) is 1.94. The van der Waals surface area contributed by atoms with E-state index in [0.29, 0.717) is 17.0 Å². The van der Waals surface area contributed by atoms with Crippen LogP contribution in [0.3, 0.4) is 0 Å². The summed E-state index contributed by atoms with van der Waals surface area (Å²) in [4.78, 5) is 3.87. The molecule has 2 aromatic rings. The molecule has 2 aromatic heterocycles. The quantitative estimate of drug-likeness (QED) is 0.541. The number of aromatic nitrogens is 3. The average molecular weight is 282 g/mol. The Hall–Kier alpha value is -1.74. The summed E-state index contributed by atoms with van der Waals surface area (Å²) < 4.78 is 7.04. The van der Waals surface area contributed by atoms with Gasteiger partial charge >= 0.3 is 0 Å². The van der Waals surface area contributed by atoms with Crippen molar-refractivity contribution in [3.63, 3.8) is 0 Å². The number of anilines is 1. The van der Waals surface area contributed by atoms with Crippen molar-refractivity contribution in [2.45, 2.75) is 25.2 Å². The van der Waals surface area contributed by atoms with E-state index in [1.165, 1.54) is 17.8 Å². The van der Waals surface area contributed by atoms with E-state index in [-0.39, 0.29) is 13.2 Å². The van der Waals surface area contributed by atoms with Crippen molar-refractivity contribution in [2.75, 3.05) is 18.9 Å². The highest BCUT2D eigenvalue weighted by Crippen LogP contribution is 2.23. The van der Waals surface area contributed by atoms with Gasteiger partial charge in [0.15, 0.2) is 5.82 Å². The Morgan fingerprint density at radius 3 is 2.70 bits per heavy atom. The van der Waals surface area contributed by atoms with Gasteiger partial charge in [-0.1, -0.05) is 0 Å². The number of hydrogen-bond acceptors (Lipinski definition) is 7. The molecule has 2 rings (SSSR count). The molecule has 0 unspecified atom stereocenters. The molecule has 0 aromatic carbocycles. The van der Waals surface area contributed by atoms with Gasteiger partial charge in [-0.3, -0.25) is 0 Å². The number of nitrogen functional groups attached to an aromatic ring is 1. The van der Waals surface area contributed by atoms with Crippen LogP contribution in [0.1, 0.15) is 18.7 Å². The molecule has 5 N–H and O–H groups in total. The Morgan fingerprint density at radius 1 is 1.35 bits per heavy atom. The zero-order valence-corrected chi connectivity index (χ0v) is 11.0. The van der Waals surface area contributed by atoms with Gasteiger partial charge in [0.1, 0.15) is 24.1 Å². The minimum atomic E-state index is -0.861. The number of aliphatic hydroxyl groups is 3. The van der Waals surface area contributed by atoms with Crippen molar-refractivity contribution in [2.24, 2.45) is 0 Å². The third kappa shape index (κ3) is 2.73.